The Bertz CT molecular complexity index is 686. The number of aryl methyl sites for hydroxylation is 2. The molecule has 4 nitrogen and oxygen atoms in total. The van der Waals surface area contributed by atoms with E-state index in [0.29, 0.717) is 12.0 Å². The van der Waals surface area contributed by atoms with E-state index < -0.39 is 0 Å². The standard InChI is InChI=1S/C15H17NO3/c1-4-19-14(18)9-16-6-5-13(17)15-11(3)7-10(2)8-12(15)16/h5-8H,4,9H2,1-3H3. The summed E-state index contributed by atoms with van der Waals surface area (Å²) in [5, 5.41) is 0.664. The van der Waals surface area contributed by atoms with Crippen LogP contribution in [0.1, 0.15) is 18.1 Å². The van der Waals surface area contributed by atoms with Crippen LogP contribution in [0.3, 0.4) is 0 Å². The lowest BCUT2D eigenvalue weighted by Crippen LogP contribution is -2.16. The molecule has 0 aliphatic heterocycles. The molecule has 0 saturated carbocycles. The van der Waals surface area contributed by atoms with Gasteiger partial charge in [-0.3, -0.25) is 9.59 Å². The molecular formula is C15H17NO3. The molecule has 4 heteroatoms. The van der Waals surface area contributed by atoms with Gasteiger partial charge >= 0.3 is 5.97 Å². The van der Waals surface area contributed by atoms with E-state index in [4.69, 9.17) is 4.74 Å². The van der Waals surface area contributed by atoms with E-state index in [1.165, 1.54) is 6.07 Å². The first-order chi connectivity index (χ1) is 9.02. The van der Waals surface area contributed by atoms with Crippen molar-refractivity contribution in [3.8, 4) is 0 Å². The van der Waals surface area contributed by atoms with Crippen molar-refractivity contribution in [2.24, 2.45) is 0 Å². The molecule has 19 heavy (non-hydrogen) atoms. The van der Waals surface area contributed by atoms with E-state index in [1.54, 1.807) is 17.7 Å². The van der Waals surface area contributed by atoms with Gasteiger partial charge in [-0.25, -0.2) is 0 Å². The zero-order chi connectivity index (χ0) is 14.0. The minimum atomic E-state index is -0.299. The van der Waals surface area contributed by atoms with Crippen LogP contribution in [0.5, 0.6) is 0 Å². The molecule has 0 bridgehead atoms. The molecule has 0 fully saturated rings. The van der Waals surface area contributed by atoms with Gasteiger partial charge in [0.15, 0.2) is 5.43 Å². The Kier molecular flexibility index (Phi) is 3.69. The molecule has 1 heterocycles. The molecule has 0 N–H and O–H groups in total. The summed E-state index contributed by atoms with van der Waals surface area (Å²) in [6.07, 6.45) is 1.64. The lowest BCUT2D eigenvalue weighted by molar-refractivity contribution is -0.143. The number of fused-ring (bicyclic) bond motifs is 1. The van der Waals surface area contributed by atoms with Gasteiger partial charge in [0.05, 0.1) is 12.1 Å². The average Bonchev–Trinajstić information content (AvgIpc) is 2.32. The third-order valence-corrected chi connectivity index (χ3v) is 3.03. The summed E-state index contributed by atoms with van der Waals surface area (Å²) in [5.41, 5.74) is 2.75. The Labute approximate surface area is 111 Å². The number of rotatable bonds is 3. The van der Waals surface area contributed by atoms with E-state index in [-0.39, 0.29) is 17.9 Å². The second-order valence-electron chi connectivity index (χ2n) is 4.59. The molecular weight excluding hydrogens is 242 g/mol. The van der Waals surface area contributed by atoms with Gasteiger partial charge in [0.2, 0.25) is 0 Å². The molecule has 0 spiro atoms. The highest BCUT2D eigenvalue weighted by Crippen LogP contribution is 2.17. The summed E-state index contributed by atoms with van der Waals surface area (Å²) >= 11 is 0. The molecule has 2 aromatic rings. The summed E-state index contributed by atoms with van der Waals surface area (Å²) in [6, 6.07) is 5.38. The van der Waals surface area contributed by atoms with Crippen LogP contribution in [-0.4, -0.2) is 17.1 Å². The molecule has 0 aliphatic carbocycles. The van der Waals surface area contributed by atoms with E-state index in [1.807, 2.05) is 26.0 Å². The monoisotopic (exact) mass is 259 g/mol. The lowest BCUT2D eigenvalue weighted by atomic mass is 10.1. The lowest BCUT2D eigenvalue weighted by Gasteiger charge is -2.12. The highest BCUT2D eigenvalue weighted by molar-refractivity contribution is 5.84. The fraction of sp³-hybridized carbons (Fsp3) is 0.333. The number of ether oxygens (including phenoxy) is 1. The van der Waals surface area contributed by atoms with Crippen LogP contribution in [0.15, 0.2) is 29.2 Å². The molecule has 100 valence electrons. The van der Waals surface area contributed by atoms with Gasteiger partial charge in [0, 0.05) is 17.6 Å². The molecule has 0 amide bonds. The fourth-order valence-electron chi connectivity index (χ4n) is 2.30. The molecule has 0 radical (unpaired) electrons. The van der Waals surface area contributed by atoms with Gasteiger partial charge in [-0.15, -0.1) is 0 Å². The normalized spacial score (nSPS) is 10.7. The van der Waals surface area contributed by atoms with Crippen LogP contribution in [0.2, 0.25) is 0 Å². The van der Waals surface area contributed by atoms with E-state index >= 15 is 0 Å². The topological polar surface area (TPSA) is 48.3 Å². The fourth-order valence-corrected chi connectivity index (χ4v) is 2.30. The molecule has 1 aromatic carbocycles. The number of nitrogens with zero attached hydrogens (tertiary/aromatic N) is 1. The summed E-state index contributed by atoms with van der Waals surface area (Å²) < 4.78 is 6.71. The van der Waals surface area contributed by atoms with Gasteiger partial charge in [-0.1, -0.05) is 6.07 Å². The largest absolute Gasteiger partial charge is 0.465 e. The van der Waals surface area contributed by atoms with E-state index in [2.05, 4.69) is 0 Å². The Balaban J connectivity index is 2.60. The third kappa shape index (κ3) is 2.67. The molecule has 1 aromatic heterocycles. The van der Waals surface area contributed by atoms with Crippen LogP contribution in [0, 0.1) is 13.8 Å². The number of benzene rings is 1. The van der Waals surface area contributed by atoms with E-state index in [0.717, 1.165) is 16.6 Å². The van der Waals surface area contributed by atoms with Crippen LogP contribution in [0.4, 0.5) is 0 Å². The maximum Gasteiger partial charge on any atom is 0.325 e. The summed E-state index contributed by atoms with van der Waals surface area (Å²) in [4.78, 5) is 23.5. The average molecular weight is 259 g/mol. The maximum atomic E-state index is 11.9. The highest BCUT2D eigenvalue weighted by atomic mass is 16.5. The Hall–Kier alpha value is -2.10. The minimum absolute atomic E-state index is 0.0207. The highest BCUT2D eigenvalue weighted by Gasteiger charge is 2.09. The van der Waals surface area contributed by atoms with Gasteiger partial charge in [0.1, 0.15) is 6.54 Å². The smallest absolute Gasteiger partial charge is 0.325 e. The number of esters is 1. The first-order valence-corrected chi connectivity index (χ1v) is 6.29. The zero-order valence-corrected chi connectivity index (χ0v) is 11.4. The Morgan fingerprint density at radius 1 is 1.32 bits per heavy atom. The number of pyridine rings is 1. The predicted octanol–water partition coefficient (Wildman–Crippen LogP) is 2.18. The van der Waals surface area contributed by atoms with Crippen LogP contribution in [-0.2, 0) is 16.1 Å². The predicted molar refractivity (Wildman–Crippen MR) is 74.3 cm³/mol. The van der Waals surface area contributed by atoms with Crippen molar-refractivity contribution < 1.29 is 9.53 Å². The van der Waals surface area contributed by atoms with Crippen molar-refractivity contribution in [3.63, 3.8) is 0 Å². The Morgan fingerprint density at radius 2 is 2.05 bits per heavy atom. The van der Waals surface area contributed by atoms with Crippen molar-refractivity contribution in [3.05, 3.63) is 45.7 Å². The number of hydrogen-bond donors (Lipinski definition) is 0. The van der Waals surface area contributed by atoms with Crippen LogP contribution in [0.25, 0.3) is 10.9 Å². The third-order valence-electron chi connectivity index (χ3n) is 3.03. The number of carbonyl (C=O) groups is 1. The maximum absolute atomic E-state index is 11.9. The van der Waals surface area contributed by atoms with Crippen LogP contribution < -0.4 is 5.43 Å². The summed E-state index contributed by atoms with van der Waals surface area (Å²) in [7, 11) is 0. The second-order valence-corrected chi connectivity index (χ2v) is 4.59. The first-order valence-electron chi connectivity index (χ1n) is 6.29. The van der Waals surface area contributed by atoms with E-state index in [9.17, 15) is 9.59 Å². The molecule has 0 atom stereocenters. The molecule has 0 unspecified atom stereocenters. The number of hydrogen-bond acceptors (Lipinski definition) is 3. The van der Waals surface area contributed by atoms with Crippen molar-refractivity contribution in [1.82, 2.24) is 4.57 Å². The van der Waals surface area contributed by atoms with Crippen molar-refractivity contribution >= 4 is 16.9 Å². The summed E-state index contributed by atoms with van der Waals surface area (Å²) in [5.74, 6) is -0.299. The van der Waals surface area contributed by atoms with Gasteiger partial charge < -0.3 is 9.30 Å². The minimum Gasteiger partial charge on any atom is -0.465 e. The quantitative estimate of drug-likeness (QED) is 0.794. The first kappa shape index (κ1) is 13.3. The Morgan fingerprint density at radius 3 is 2.74 bits per heavy atom. The van der Waals surface area contributed by atoms with Gasteiger partial charge in [-0.2, -0.15) is 0 Å². The second kappa shape index (κ2) is 5.26. The molecule has 2 rings (SSSR count). The SMILES string of the molecule is CCOC(=O)Cn1ccc(=O)c2c(C)cc(C)cc21. The molecule has 0 aliphatic rings. The number of carbonyl (C=O) groups excluding carboxylic acids is 1. The van der Waals surface area contributed by atoms with Crippen molar-refractivity contribution in [1.29, 1.82) is 0 Å². The van der Waals surface area contributed by atoms with Gasteiger partial charge in [-0.05, 0) is 38.0 Å². The van der Waals surface area contributed by atoms with Crippen LogP contribution >= 0.6 is 0 Å². The summed E-state index contributed by atoms with van der Waals surface area (Å²) in [6.45, 7) is 6.13. The van der Waals surface area contributed by atoms with Crippen molar-refractivity contribution in [2.75, 3.05) is 6.61 Å². The van der Waals surface area contributed by atoms with Gasteiger partial charge in [0.25, 0.3) is 0 Å². The number of aromatic nitrogens is 1. The molecule has 0 saturated heterocycles. The van der Waals surface area contributed by atoms with Crippen molar-refractivity contribution in [2.45, 2.75) is 27.3 Å². The zero-order valence-electron chi connectivity index (χ0n) is 11.4.